The molecule has 3 rings (SSSR count). The third-order valence-corrected chi connectivity index (χ3v) is 6.96. The molecule has 1 N–H and O–H groups in total. The van der Waals surface area contributed by atoms with E-state index >= 15 is 0 Å². The number of hydrogen-bond acceptors (Lipinski definition) is 6. The van der Waals surface area contributed by atoms with Crippen LogP contribution < -0.4 is 5.32 Å². The number of benzene rings is 1. The molecule has 3 atom stereocenters. The van der Waals surface area contributed by atoms with Crippen molar-refractivity contribution >= 4 is 28.8 Å². The van der Waals surface area contributed by atoms with Gasteiger partial charge in [0.05, 0.1) is 5.41 Å². The molecule has 1 aliphatic carbocycles. The first-order chi connectivity index (χ1) is 12.6. The Morgan fingerprint density at radius 1 is 1.19 bits per heavy atom. The van der Waals surface area contributed by atoms with Gasteiger partial charge in [0.2, 0.25) is 5.12 Å². The molecule has 2 aliphatic rings. The minimum Gasteiger partial charge on any atom is -0.392 e. The average molecular weight is 375 g/mol. The molecular formula is C20H25NO4S. The van der Waals surface area contributed by atoms with Crippen molar-refractivity contribution in [2.75, 3.05) is 6.54 Å². The predicted molar refractivity (Wildman–Crippen MR) is 101 cm³/mol. The van der Waals surface area contributed by atoms with Crippen LogP contribution in [0.1, 0.15) is 55.8 Å². The van der Waals surface area contributed by atoms with Gasteiger partial charge in [-0.05, 0) is 38.6 Å². The second kappa shape index (κ2) is 8.35. The number of rotatable bonds is 5. The van der Waals surface area contributed by atoms with Gasteiger partial charge in [0.1, 0.15) is 6.04 Å². The molecule has 1 saturated heterocycles. The molecule has 0 aromatic heterocycles. The van der Waals surface area contributed by atoms with Crippen LogP contribution in [0.5, 0.6) is 0 Å². The van der Waals surface area contributed by atoms with Gasteiger partial charge in [0.25, 0.3) is 0 Å². The lowest BCUT2D eigenvalue weighted by atomic mass is 9.83. The number of hydrogen-bond donors (Lipinski definition) is 1. The summed E-state index contributed by atoms with van der Waals surface area (Å²) >= 11 is 1.21. The summed E-state index contributed by atoms with van der Waals surface area (Å²) in [6.07, 6.45) is 4.48. The zero-order valence-corrected chi connectivity index (χ0v) is 15.8. The van der Waals surface area contributed by atoms with Crippen molar-refractivity contribution in [3.05, 3.63) is 35.9 Å². The first kappa shape index (κ1) is 19.1. The summed E-state index contributed by atoms with van der Waals surface area (Å²) in [6, 6.07) is 8.71. The molecule has 26 heavy (non-hydrogen) atoms. The van der Waals surface area contributed by atoms with Crippen molar-refractivity contribution in [1.29, 1.82) is 0 Å². The Balaban J connectivity index is 1.70. The predicted octanol–water partition coefficient (Wildman–Crippen LogP) is 3.33. The maximum atomic E-state index is 12.9. The van der Waals surface area contributed by atoms with Gasteiger partial charge in [-0.3, -0.25) is 9.59 Å². The second-order valence-corrected chi connectivity index (χ2v) is 8.19. The molecule has 0 spiro atoms. The molecule has 1 heterocycles. The van der Waals surface area contributed by atoms with Crippen LogP contribution in [0.15, 0.2) is 30.3 Å². The van der Waals surface area contributed by atoms with E-state index in [1.807, 2.05) is 25.1 Å². The first-order valence-corrected chi connectivity index (χ1v) is 10.2. The van der Waals surface area contributed by atoms with Gasteiger partial charge < -0.3 is 10.1 Å². The summed E-state index contributed by atoms with van der Waals surface area (Å²) in [7, 11) is 0. The Morgan fingerprint density at radius 3 is 2.62 bits per heavy atom. The fourth-order valence-corrected chi connectivity index (χ4v) is 5.34. The Morgan fingerprint density at radius 2 is 1.96 bits per heavy atom. The number of carbonyl (C=O) groups excluding carboxylic acids is 3. The van der Waals surface area contributed by atoms with Crippen molar-refractivity contribution in [2.24, 2.45) is 5.41 Å². The highest BCUT2D eigenvalue weighted by Gasteiger charge is 2.51. The van der Waals surface area contributed by atoms with Gasteiger partial charge in [-0.2, -0.15) is 0 Å². The Labute approximate surface area is 158 Å². The summed E-state index contributed by atoms with van der Waals surface area (Å²) < 4.78 is 5.27. The summed E-state index contributed by atoms with van der Waals surface area (Å²) in [6.45, 7) is 2.71. The molecule has 1 saturated carbocycles. The fourth-order valence-electron chi connectivity index (χ4n) is 3.92. The molecule has 5 nitrogen and oxygen atoms in total. The minimum atomic E-state index is -0.761. The molecule has 2 unspecified atom stereocenters. The van der Waals surface area contributed by atoms with Crippen LogP contribution in [0, 0.1) is 5.41 Å². The van der Waals surface area contributed by atoms with E-state index in [-0.39, 0.29) is 16.4 Å². The van der Waals surface area contributed by atoms with Crippen LogP contribution >= 0.6 is 11.8 Å². The average Bonchev–Trinajstić information content (AvgIpc) is 3.33. The lowest BCUT2D eigenvalue weighted by molar-refractivity contribution is -0.168. The van der Waals surface area contributed by atoms with E-state index in [0.29, 0.717) is 24.8 Å². The summed E-state index contributed by atoms with van der Waals surface area (Å²) in [4.78, 5) is 37.7. The van der Waals surface area contributed by atoms with E-state index in [0.717, 1.165) is 25.8 Å². The fraction of sp³-hybridized carbons (Fsp3) is 0.550. The van der Waals surface area contributed by atoms with E-state index in [4.69, 9.17) is 4.74 Å². The summed E-state index contributed by atoms with van der Waals surface area (Å²) in [5.74, 6) is -0.945. The van der Waals surface area contributed by atoms with E-state index in [1.165, 1.54) is 11.8 Å². The maximum absolute atomic E-state index is 12.9. The topological polar surface area (TPSA) is 72.5 Å². The smallest absolute Gasteiger partial charge is 0.330 e. The van der Waals surface area contributed by atoms with Gasteiger partial charge in [-0.1, -0.05) is 55.4 Å². The number of esters is 2. The molecule has 1 aromatic rings. The molecule has 6 heteroatoms. The molecule has 0 bridgehead atoms. The van der Waals surface area contributed by atoms with E-state index in [2.05, 4.69) is 5.32 Å². The van der Waals surface area contributed by atoms with Crippen LogP contribution in [0.2, 0.25) is 0 Å². The van der Waals surface area contributed by atoms with Gasteiger partial charge in [0, 0.05) is 10.8 Å². The Kier molecular flexibility index (Phi) is 6.14. The minimum absolute atomic E-state index is 0.0353. The van der Waals surface area contributed by atoms with Crippen LogP contribution in [0.25, 0.3) is 0 Å². The standard InChI is InChI=1S/C20H25NO4S/c1-2-20(19(24)25-17(22)15-10-7-13-21-15)12-6-11-16(20)26-18(23)14-8-4-3-5-9-14/h3-5,8-9,15-16,21H,2,6-7,10-13H2,1H3/t15-,16?,20?/m0/s1. The monoisotopic (exact) mass is 375 g/mol. The van der Waals surface area contributed by atoms with Crippen molar-refractivity contribution in [2.45, 2.75) is 56.7 Å². The second-order valence-electron chi connectivity index (χ2n) is 7.02. The quantitative estimate of drug-likeness (QED) is 0.629. The Bertz CT molecular complexity index is 672. The van der Waals surface area contributed by atoms with Crippen molar-refractivity contribution in [3.63, 3.8) is 0 Å². The number of nitrogens with one attached hydrogen (secondary N) is 1. The number of ether oxygens (including phenoxy) is 1. The zero-order valence-electron chi connectivity index (χ0n) is 15.0. The lowest BCUT2D eigenvalue weighted by Gasteiger charge is -2.31. The zero-order chi connectivity index (χ0) is 18.6. The molecule has 0 amide bonds. The normalized spacial score (nSPS) is 28.0. The highest BCUT2D eigenvalue weighted by Crippen LogP contribution is 2.49. The van der Waals surface area contributed by atoms with Crippen LogP contribution in [-0.4, -0.2) is 34.9 Å². The van der Waals surface area contributed by atoms with E-state index < -0.39 is 17.4 Å². The van der Waals surface area contributed by atoms with Crippen molar-refractivity contribution in [3.8, 4) is 0 Å². The maximum Gasteiger partial charge on any atom is 0.330 e. The molecule has 0 radical (unpaired) electrons. The molecule has 140 valence electrons. The molecule has 1 aliphatic heterocycles. The third-order valence-electron chi connectivity index (χ3n) is 5.54. The van der Waals surface area contributed by atoms with Crippen molar-refractivity contribution < 1.29 is 19.1 Å². The van der Waals surface area contributed by atoms with Gasteiger partial charge in [0.15, 0.2) is 0 Å². The van der Waals surface area contributed by atoms with E-state index in [1.54, 1.807) is 12.1 Å². The van der Waals surface area contributed by atoms with Gasteiger partial charge in [-0.15, -0.1) is 0 Å². The lowest BCUT2D eigenvalue weighted by Crippen LogP contribution is -2.42. The van der Waals surface area contributed by atoms with Gasteiger partial charge in [-0.25, -0.2) is 4.79 Å². The SMILES string of the molecule is CCC1(C(=O)OC(=O)[C@@H]2CCCN2)CCCC1SC(=O)c1ccccc1. The largest absolute Gasteiger partial charge is 0.392 e. The number of carbonyl (C=O) groups is 3. The van der Waals surface area contributed by atoms with Crippen LogP contribution in [-0.2, 0) is 14.3 Å². The summed E-state index contributed by atoms with van der Waals surface area (Å²) in [5.41, 5.74) is -0.127. The highest BCUT2D eigenvalue weighted by atomic mass is 32.2. The highest BCUT2D eigenvalue weighted by molar-refractivity contribution is 8.14. The summed E-state index contributed by atoms with van der Waals surface area (Å²) in [5, 5.41) is 2.87. The molecular weight excluding hydrogens is 350 g/mol. The number of thioether (sulfide) groups is 1. The van der Waals surface area contributed by atoms with E-state index in [9.17, 15) is 14.4 Å². The van der Waals surface area contributed by atoms with Crippen molar-refractivity contribution in [1.82, 2.24) is 5.32 Å². The third kappa shape index (κ3) is 3.86. The first-order valence-electron chi connectivity index (χ1n) is 9.32. The molecule has 1 aromatic carbocycles. The van der Waals surface area contributed by atoms with Gasteiger partial charge >= 0.3 is 11.9 Å². The Hall–Kier alpha value is -1.66. The molecule has 2 fully saturated rings. The van der Waals surface area contributed by atoms with Crippen LogP contribution in [0.4, 0.5) is 0 Å². The van der Waals surface area contributed by atoms with Crippen LogP contribution in [0.3, 0.4) is 0 Å².